The number of phenols is 1. The number of carbonyl (C=O) groups is 1. The molecule has 1 rings (SSSR count). The van der Waals surface area contributed by atoms with Gasteiger partial charge in [0.25, 0.3) is 0 Å². The number of aromatic carboxylic acids is 1. The molecule has 0 spiro atoms. The second-order valence-electron chi connectivity index (χ2n) is 3.86. The number of hydrogen-bond acceptors (Lipinski definition) is 2. The third kappa shape index (κ3) is 2.01. The van der Waals surface area contributed by atoms with Gasteiger partial charge in [-0.05, 0) is 18.2 Å². The van der Waals surface area contributed by atoms with E-state index in [2.05, 4.69) is 12.6 Å². The highest BCUT2D eigenvalue weighted by atomic mass is 16.4. The van der Waals surface area contributed by atoms with E-state index >= 15 is 0 Å². The molecular formula is C12H13O3. The number of hydrogen-bond donors (Lipinski definition) is 2. The molecule has 3 nitrogen and oxygen atoms in total. The molecule has 1 aromatic carbocycles. The Labute approximate surface area is 88.7 Å². The van der Waals surface area contributed by atoms with Crippen LogP contribution in [0.4, 0.5) is 0 Å². The first kappa shape index (κ1) is 11.3. The van der Waals surface area contributed by atoms with Gasteiger partial charge in [0.15, 0.2) is 0 Å². The first-order valence-electron chi connectivity index (χ1n) is 4.50. The molecule has 15 heavy (non-hydrogen) atoms. The molecule has 0 aliphatic rings. The van der Waals surface area contributed by atoms with E-state index in [1.165, 1.54) is 6.07 Å². The zero-order valence-corrected chi connectivity index (χ0v) is 8.74. The minimum Gasteiger partial charge on any atom is -0.507 e. The van der Waals surface area contributed by atoms with Gasteiger partial charge in [0, 0.05) is 11.0 Å². The van der Waals surface area contributed by atoms with Crippen molar-refractivity contribution in [2.45, 2.75) is 19.3 Å². The Bertz CT molecular complexity index is 405. The summed E-state index contributed by atoms with van der Waals surface area (Å²) in [7, 11) is 0. The van der Waals surface area contributed by atoms with E-state index in [4.69, 9.17) is 5.11 Å². The smallest absolute Gasteiger partial charge is 0.339 e. The Kier molecular flexibility index (Phi) is 2.84. The minimum absolute atomic E-state index is 0.137. The summed E-state index contributed by atoms with van der Waals surface area (Å²) in [5.74, 6) is -1.38. The second-order valence-corrected chi connectivity index (χ2v) is 3.86. The zero-order valence-electron chi connectivity index (χ0n) is 8.74. The molecule has 0 fully saturated rings. The van der Waals surface area contributed by atoms with E-state index in [1.807, 2.05) is 13.8 Å². The number of rotatable bonds is 3. The summed E-state index contributed by atoms with van der Waals surface area (Å²) >= 11 is 0. The van der Waals surface area contributed by atoms with Crippen LogP contribution < -0.4 is 0 Å². The Morgan fingerprint density at radius 2 is 2.13 bits per heavy atom. The Balaban J connectivity index is 3.39. The van der Waals surface area contributed by atoms with Crippen molar-refractivity contribution in [3.63, 3.8) is 0 Å². The van der Waals surface area contributed by atoms with Crippen molar-refractivity contribution in [1.82, 2.24) is 0 Å². The largest absolute Gasteiger partial charge is 0.507 e. The molecule has 0 amide bonds. The van der Waals surface area contributed by atoms with Crippen molar-refractivity contribution in [3.05, 3.63) is 42.0 Å². The quantitative estimate of drug-likeness (QED) is 0.745. The summed E-state index contributed by atoms with van der Waals surface area (Å²) in [6, 6.07) is 5.53. The van der Waals surface area contributed by atoms with Crippen LogP contribution in [0.5, 0.6) is 5.75 Å². The van der Waals surface area contributed by atoms with Crippen molar-refractivity contribution in [3.8, 4) is 5.75 Å². The lowest BCUT2D eigenvalue weighted by Crippen LogP contribution is -2.14. The van der Waals surface area contributed by atoms with Crippen molar-refractivity contribution in [2.75, 3.05) is 0 Å². The maximum atomic E-state index is 10.8. The van der Waals surface area contributed by atoms with E-state index < -0.39 is 11.4 Å². The summed E-state index contributed by atoms with van der Waals surface area (Å²) in [5.41, 5.74) is -0.105. The van der Waals surface area contributed by atoms with Gasteiger partial charge in [-0.1, -0.05) is 19.9 Å². The molecule has 2 N–H and O–H groups in total. The third-order valence-electron chi connectivity index (χ3n) is 2.40. The fourth-order valence-electron chi connectivity index (χ4n) is 1.25. The van der Waals surface area contributed by atoms with Gasteiger partial charge < -0.3 is 10.2 Å². The van der Waals surface area contributed by atoms with Gasteiger partial charge in [0.05, 0.1) is 0 Å². The standard InChI is InChI=1S/C12H13O3/c1-4-12(2,3)9-7-5-6-8(10(9)13)11(14)15/h4,6-7,13H,1H2,2-3H3,(H,14,15). The highest BCUT2D eigenvalue weighted by molar-refractivity contribution is 5.91. The van der Waals surface area contributed by atoms with Crippen LogP contribution in [0.2, 0.25) is 0 Å². The molecule has 0 heterocycles. The molecule has 0 aromatic heterocycles. The van der Waals surface area contributed by atoms with Gasteiger partial charge in [-0.3, -0.25) is 0 Å². The lowest BCUT2D eigenvalue weighted by atomic mass is 9.83. The fraction of sp³-hybridized carbons (Fsp3) is 0.250. The Morgan fingerprint density at radius 3 is 2.60 bits per heavy atom. The van der Waals surface area contributed by atoms with Gasteiger partial charge >= 0.3 is 5.97 Å². The normalized spacial score (nSPS) is 11.1. The van der Waals surface area contributed by atoms with E-state index in [-0.39, 0.29) is 11.3 Å². The van der Waals surface area contributed by atoms with Crippen LogP contribution in [0.15, 0.2) is 24.8 Å². The van der Waals surface area contributed by atoms with Crippen LogP contribution in [-0.2, 0) is 5.41 Å². The molecule has 1 radical (unpaired) electrons. The first-order valence-corrected chi connectivity index (χ1v) is 4.50. The van der Waals surface area contributed by atoms with Gasteiger partial charge in [0.2, 0.25) is 0 Å². The molecule has 79 valence electrons. The molecule has 0 atom stereocenters. The van der Waals surface area contributed by atoms with Gasteiger partial charge in [0.1, 0.15) is 11.3 Å². The predicted octanol–water partition coefficient (Wildman–Crippen LogP) is 2.35. The van der Waals surface area contributed by atoms with Crippen LogP contribution in [0.25, 0.3) is 0 Å². The highest BCUT2D eigenvalue weighted by Gasteiger charge is 2.23. The summed E-state index contributed by atoms with van der Waals surface area (Å²) < 4.78 is 0. The van der Waals surface area contributed by atoms with Crippen LogP contribution in [0.3, 0.4) is 0 Å². The molecule has 0 aliphatic carbocycles. The van der Waals surface area contributed by atoms with E-state index in [1.54, 1.807) is 12.1 Å². The molecule has 1 aromatic rings. The van der Waals surface area contributed by atoms with E-state index in [9.17, 15) is 9.90 Å². The van der Waals surface area contributed by atoms with Crippen LogP contribution in [0.1, 0.15) is 29.8 Å². The molecule has 0 bridgehead atoms. The Hall–Kier alpha value is -1.77. The first-order chi connectivity index (χ1) is 6.90. The number of carboxylic acids is 1. The summed E-state index contributed by atoms with van der Waals surface area (Å²) in [4.78, 5) is 10.8. The fourth-order valence-corrected chi connectivity index (χ4v) is 1.25. The maximum absolute atomic E-state index is 10.8. The monoisotopic (exact) mass is 205 g/mol. The minimum atomic E-state index is -1.16. The van der Waals surface area contributed by atoms with Gasteiger partial charge in [-0.25, -0.2) is 4.79 Å². The SMILES string of the molecule is C=CC(C)(C)c1c[c]cc(C(=O)O)c1O. The van der Waals surface area contributed by atoms with Crippen molar-refractivity contribution in [2.24, 2.45) is 0 Å². The van der Waals surface area contributed by atoms with Crippen molar-refractivity contribution in [1.29, 1.82) is 0 Å². The van der Waals surface area contributed by atoms with Crippen LogP contribution in [0, 0.1) is 6.07 Å². The molecule has 0 unspecified atom stereocenters. The Morgan fingerprint density at radius 1 is 1.53 bits per heavy atom. The lowest BCUT2D eigenvalue weighted by Gasteiger charge is -2.22. The number of allylic oxidation sites excluding steroid dienone is 1. The maximum Gasteiger partial charge on any atom is 0.339 e. The van der Waals surface area contributed by atoms with Gasteiger partial charge in [-0.15, -0.1) is 6.58 Å². The average Bonchev–Trinajstić information content (AvgIpc) is 2.17. The van der Waals surface area contributed by atoms with E-state index in [0.29, 0.717) is 5.56 Å². The second kappa shape index (κ2) is 3.77. The van der Waals surface area contributed by atoms with Crippen LogP contribution >= 0.6 is 0 Å². The van der Waals surface area contributed by atoms with Crippen LogP contribution in [-0.4, -0.2) is 16.2 Å². The number of carboxylic acid groups (broad SMARTS) is 1. The zero-order chi connectivity index (χ0) is 11.6. The topological polar surface area (TPSA) is 57.5 Å². The third-order valence-corrected chi connectivity index (χ3v) is 2.40. The molecule has 3 heteroatoms. The van der Waals surface area contributed by atoms with Crippen molar-refractivity contribution >= 4 is 5.97 Å². The highest BCUT2D eigenvalue weighted by Crippen LogP contribution is 2.33. The summed E-state index contributed by atoms with van der Waals surface area (Å²) in [5, 5.41) is 18.6. The predicted molar refractivity (Wildman–Crippen MR) is 57.1 cm³/mol. The summed E-state index contributed by atoms with van der Waals surface area (Å²) in [6.07, 6.45) is 1.65. The molecule has 0 aliphatic heterocycles. The van der Waals surface area contributed by atoms with E-state index in [0.717, 1.165) is 0 Å². The molecule has 0 saturated carbocycles. The molecule has 0 saturated heterocycles. The number of aromatic hydroxyl groups is 1. The lowest BCUT2D eigenvalue weighted by molar-refractivity contribution is 0.0693. The van der Waals surface area contributed by atoms with Gasteiger partial charge in [-0.2, -0.15) is 0 Å². The number of benzene rings is 1. The summed E-state index contributed by atoms with van der Waals surface area (Å²) in [6.45, 7) is 7.34. The van der Waals surface area contributed by atoms with Crippen molar-refractivity contribution < 1.29 is 15.0 Å². The average molecular weight is 205 g/mol. The molecular weight excluding hydrogens is 192 g/mol.